The Hall–Kier alpha value is -1.97. The lowest BCUT2D eigenvalue weighted by Gasteiger charge is -2.63. The number of rotatable bonds is 6. The number of carbonyl (C=O) groups excluding carboxylic acids is 2. The summed E-state index contributed by atoms with van der Waals surface area (Å²) in [5.41, 5.74) is -6.17. The Bertz CT molecular complexity index is 1090. The van der Waals surface area contributed by atoms with E-state index >= 15 is 8.78 Å². The minimum absolute atomic E-state index is 0.0231. The number of nitrogens with zero attached hydrogens (tertiary/aromatic N) is 1. The molecule has 3 saturated carbocycles. The van der Waals surface area contributed by atoms with Crippen LogP contribution in [0.5, 0.6) is 0 Å². The zero-order chi connectivity index (χ0) is 27.1. The molecule has 0 radical (unpaired) electrons. The molecule has 5 aliphatic rings. The first-order valence-corrected chi connectivity index (χ1v) is 13.4. The van der Waals surface area contributed by atoms with Gasteiger partial charge in [-0.1, -0.05) is 26.3 Å². The number of carbonyl (C=O) groups is 3. The van der Waals surface area contributed by atoms with Crippen LogP contribution in [-0.2, 0) is 14.4 Å². The highest BCUT2D eigenvalue weighted by Gasteiger charge is 2.79. The number of Topliss-reactive ketones (excluding diaryl/α,β-unsaturated/α-hetero) is 1. The van der Waals surface area contributed by atoms with Gasteiger partial charge in [-0.25, -0.2) is 8.78 Å². The lowest BCUT2D eigenvalue weighted by molar-refractivity contribution is -0.212. The number of allylic oxidation sites excluding steroid dienone is 4. The number of unbranched alkanes of at least 4 members (excludes halogenated alkanes) is 1. The largest absolute Gasteiger partial charge is 0.480 e. The quantitative estimate of drug-likeness (QED) is 0.492. The number of halogens is 2. The topological polar surface area (TPSA) is 115 Å². The molecule has 0 aromatic rings. The second kappa shape index (κ2) is 8.52. The van der Waals surface area contributed by atoms with Crippen LogP contribution in [-0.4, -0.2) is 81.4 Å². The molecule has 1 heterocycles. The number of alkyl halides is 2. The third-order valence-corrected chi connectivity index (χ3v) is 11.1. The van der Waals surface area contributed by atoms with Crippen molar-refractivity contribution in [3.05, 3.63) is 23.8 Å². The van der Waals surface area contributed by atoms with Gasteiger partial charge in [-0.15, -0.1) is 0 Å². The maximum Gasteiger partial charge on any atom is 0.321 e. The summed E-state index contributed by atoms with van der Waals surface area (Å²) in [5.74, 6) is -4.26. The molecule has 37 heavy (non-hydrogen) atoms. The molecule has 0 aromatic carbocycles. The van der Waals surface area contributed by atoms with E-state index in [1.807, 2.05) is 6.92 Å². The van der Waals surface area contributed by atoms with E-state index in [1.165, 1.54) is 19.1 Å². The van der Waals surface area contributed by atoms with Gasteiger partial charge in [0.15, 0.2) is 17.2 Å². The van der Waals surface area contributed by atoms with Gasteiger partial charge in [0.2, 0.25) is 0 Å². The van der Waals surface area contributed by atoms with Crippen molar-refractivity contribution in [2.24, 2.45) is 34.0 Å². The van der Waals surface area contributed by atoms with Gasteiger partial charge in [-0.05, 0) is 74.1 Å². The number of ketones is 2. The molecule has 4 aliphatic carbocycles. The van der Waals surface area contributed by atoms with Crippen LogP contribution in [0.15, 0.2) is 23.8 Å². The number of fused-ring (bicyclic) bond motifs is 7. The summed E-state index contributed by atoms with van der Waals surface area (Å²) in [5, 5.41) is 31.9. The molecular weight excluding hydrogens is 484 g/mol. The number of carboxylic acids is 1. The van der Waals surface area contributed by atoms with Gasteiger partial charge in [-0.2, -0.15) is 0 Å². The first-order valence-electron chi connectivity index (χ1n) is 13.4. The van der Waals surface area contributed by atoms with Gasteiger partial charge in [0.05, 0.1) is 11.5 Å². The summed E-state index contributed by atoms with van der Waals surface area (Å²) in [7, 11) is 0. The van der Waals surface area contributed by atoms with Crippen molar-refractivity contribution in [1.29, 1.82) is 0 Å². The molecule has 1 unspecified atom stereocenters. The van der Waals surface area contributed by atoms with Crippen LogP contribution in [0.25, 0.3) is 0 Å². The number of hydrogen-bond acceptors (Lipinski definition) is 6. The Morgan fingerprint density at radius 2 is 1.89 bits per heavy atom. The van der Waals surface area contributed by atoms with E-state index < -0.39 is 82.1 Å². The first-order chi connectivity index (χ1) is 17.3. The molecule has 3 N–H and O–H groups in total. The maximum absolute atomic E-state index is 17.4. The van der Waals surface area contributed by atoms with Crippen molar-refractivity contribution < 1.29 is 38.5 Å². The fraction of sp³-hybridized carbons (Fsp3) is 0.750. The Kier molecular flexibility index (Phi) is 6.13. The van der Waals surface area contributed by atoms with Crippen molar-refractivity contribution in [3.8, 4) is 0 Å². The molecule has 7 nitrogen and oxygen atoms in total. The van der Waals surface area contributed by atoms with Crippen LogP contribution >= 0.6 is 0 Å². The molecule has 1 aliphatic heterocycles. The van der Waals surface area contributed by atoms with Crippen LogP contribution in [0, 0.1) is 34.0 Å². The van der Waals surface area contributed by atoms with E-state index in [0.717, 1.165) is 18.9 Å². The maximum atomic E-state index is 17.4. The third kappa shape index (κ3) is 3.11. The highest BCUT2D eigenvalue weighted by atomic mass is 19.1. The molecule has 204 valence electrons. The Morgan fingerprint density at radius 1 is 1.19 bits per heavy atom. The summed E-state index contributed by atoms with van der Waals surface area (Å²) in [4.78, 5) is 40.0. The molecule has 10 atom stereocenters. The third-order valence-electron chi connectivity index (χ3n) is 11.1. The molecule has 1 saturated heterocycles. The van der Waals surface area contributed by atoms with E-state index in [-0.39, 0.29) is 31.4 Å². The standard InChI is InChI=1S/C28H37F2NO6/c1-4-5-8-31-14-27(22(35)13-32)19(23(31)24(36)37)10-16-17-11-20(29)18-9-15(33)6-7-25(18,2)28(17,30)21(34)12-26(16,27)3/h6-7,9,16-17,19-21,23,32,34H,4-5,8,10-14H2,1-3H3,(H,36,37)/t16-,17-,19-,20-,21-,23?,25-,26-,27+,28-/m0/s1. The van der Waals surface area contributed by atoms with Crippen molar-refractivity contribution >= 4 is 17.5 Å². The number of aliphatic hydroxyl groups is 2. The van der Waals surface area contributed by atoms with Crippen LogP contribution in [0.2, 0.25) is 0 Å². The Balaban J connectivity index is 1.65. The molecule has 0 amide bonds. The van der Waals surface area contributed by atoms with E-state index in [0.29, 0.717) is 6.54 Å². The van der Waals surface area contributed by atoms with E-state index in [4.69, 9.17) is 0 Å². The predicted molar refractivity (Wildman–Crippen MR) is 130 cm³/mol. The zero-order valence-electron chi connectivity index (χ0n) is 21.6. The van der Waals surface area contributed by atoms with Crippen molar-refractivity contribution in [2.45, 2.75) is 76.9 Å². The minimum atomic E-state index is -2.30. The van der Waals surface area contributed by atoms with Crippen LogP contribution in [0.4, 0.5) is 8.78 Å². The summed E-state index contributed by atoms with van der Waals surface area (Å²) in [6.45, 7) is 5.11. The van der Waals surface area contributed by atoms with Crippen molar-refractivity contribution in [2.75, 3.05) is 19.7 Å². The lowest BCUT2D eigenvalue weighted by atomic mass is 9.43. The average Bonchev–Trinajstić information content (AvgIpc) is 3.30. The summed E-state index contributed by atoms with van der Waals surface area (Å²) in [6, 6.07) is -0.987. The highest BCUT2D eigenvalue weighted by Crippen LogP contribution is 2.75. The summed E-state index contributed by atoms with van der Waals surface area (Å²) >= 11 is 0. The minimum Gasteiger partial charge on any atom is -0.480 e. The van der Waals surface area contributed by atoms with Gasteiger partial charge < -0.3 is 15.3 Å². The monoisotopic (exact) mass is 521 g/mol. The van der Waals surface area contributed by atoms with Crippen molar-refractivity contribution in [3.63, 3.8) is 0 Å². The normalized spacial score (nSPS) is 48.6. The average molecular weight is 522 g/mol. The summed E-state index contributed by atoms with van der Waals surface area (Å²) in [6.07, 6.45) is 1.91. The molecule has 0 spiro atoms. The molecule has 5 rings (SSSR count). The van der Waals surface area contributed by atoms with Crippen LogP contribution in [0.3, 0.4) is 0 Å². The number of likely N-dealkylation sites (tertiary alicyclic amines) is 1. The number of hydrogen-bond donors (Lipinski definition) is 3. The fourth-order valence-electron chi connectivity index (χ4n) is 9.43. The second-order valence-electron chi connectivity index (χ2n) is 12.4. The second-order valence-corrected chi connectivity index (χ2v) is 12.4. The smallest absolute Gasteiger partial charge is 0.321 e. The van der Waals surface area contributed by atoms with Crippen LogP contribution < -0.4 is 0 Å². The summed E-state index contributed by atoms with van der Waals surface area (Å²) < 4.78 is 33.1. The van der Waals surface area contributed by atoms with Gasteiger partial charge >= 0.3 is 5.97 Å². The van der Waals surface area contributed by atoms with E-state index in [1.54, 1.807) is 11.8 Å². The van der Waals surface area contributed by atoms with Crippen molar-refractivity contribution in [1.82, 2.24) is 4.90 Å². The van der Waals surface area contributed by atoms with E-state index in [2.05, 4.69) is 0 Å². The molecule has 0 bridgehead atoms. The zero-order valence-corrected chi connectivity index (χ0v) is 21.6. The number of carboxylic acid groups (broad SMARTS) is 1. The van der Waals surface area contributed by atoms with Crippen LogP contribution in [0.1, 0.15) is 52.9 Å². The molecular formula is C28H37F2NO6. The fourth-order valence-corrected chi connectivity index (χ4v) is 9.43. The molecule has 4 fully saturated rings. The molecule has 9 heteroatoms. The number of aliphatic carboxylic acids is 1. The van der Waals surface area contributed by atoms with Gasteiger partial charge in [0.25, 0.3) is 0 Å². The Labute approximate surface area is 215 Å². The number of aliphatic hydroxyl groups excluding tert-OH is 2. The van der Waals surface area contributed by atoms with Gasteiger partial charge in [0, 0.05) is 17.9 Å². The first kappa shape index (κ1) is 26.6. The van der Waals surface area contributed by atoms with Gasteiger partial charge in [0.1, 0.15) is 18.8 Å². The Morgan fingerprint density at radius 3 is 2.51 bits per heavy atom. The SMILES string of the molecule is CCCCN1C[C@]2(C(=O)CO)[C@@H](C[C@H]3[C@@H]4C[C@H](F)C5=CC(=O)C=C[C@]5(C)[C@@]4(F)[C@@H](O)C[C@@]32C)C1C(=O)O. The van der Waals surface area contributed by atoms with Gasteiger partial charge in [-0.3, -0.25) is 19.3 Å². The predicted octanol–water partition coefficient (Wildman–Crippen LogP) is 2.65. The highest BCUT2D eigenvalue weighted by molar-refractivity contribution is 6.01. The lowest BCUT2D eigenvalue weighted by Crippen LogP contribution is -2.69. The molecule has 0 aromatic heterocycles. The van der Waals surface area contributed by atoms with E-state index in [9.17, 15) is 29.7 Å².